The van der Waals surface area contributed by atoms with E-state index < -0.39 is 5.97 Å². The van der Waals surface area contributed by atoms with Gasteiger partial charge in [-0.25, -0.2) is 14.8 Å². The van der Waals surface area contributed by atoms with Gasteiger partial charge in [-0.3, -0.25) is 9.69 Å². The minimum absolute atomic E-state index is 0.0271. The topological polar surface area (TPSA) is 85.5 Å². The SMILES string of the molecule is CC(=O)N(c1nc(COC(=O)c2cc(-c3ccco3)nc3ccccc23)cs1)c1ccc(C)cc1C. The van der Waals surface area contributed by atoms with Gasteiger partial charge in [-0.15, -0.1) is 11.3 Å². The van der Waals surface area contributed by atoms with Crippen LogP contribution in [0, 0.1) is 13.8 Å². The van der Waals surface area contributed by atoms with Gasteiger partial charge in [0.05, 0.1) is 28.7 Å². The Morgan fingerprint density at radius 3 is 2.61 bits per heavy atom. The number of anilines is 2. The first kappa shape index (κ1) is 23.4. The lowest BCUT2D eigenvalue weighted by atomic mass is 10.1. The number of hydrogen-bond acceptors (Lipinski definition) is 7. The van der Waals surface area contributed by atoms with Crippen molar-refractivity contribution in [1.82, 2.24) is 9.97 Å². The minimum atomic E-state index is -0.492. The third-order valence-electron chi connectivity index (χ3n) is 5.70. The van der Waals surface area contributed by atoms with Crippen LogP contribution in [0.2, 0.25) is 0 Å². The zero-order valence-corrected chi connectivity index (χ0v) is 20.8. The molecule has 0 fully saturated rings. The first-order chi connectivity index (χ1) is 17.4. The molecule has 0 spiro atoms. The number of thiazole rings is 1. The molecule has 0 aliphatic rings. The second-order valence-electron chi connectivity index (χ2n) is 8.39. The lowest BCUT2D eigenvalue weighted by Gasteiger charge is -2.20. The number of amides is 1. The molecular formula is C28H23N3O4S. The Balaban J connectivity index is 1.39. The summed E-state index contributed by atoms with van der Waals surface area (Å²) in [5.41, 5.74) is 5.04. The van der Waals surface area contributed by atoms with Crippen molar-refractivity contribution in [1.29, 1.82) is 0 Å². The number of furan rings is 1. The van der Waals surface area contributed by atoms with Gasteiger partial charge in [0, 0.05) is 17.7 Å². The number of carbonyl (C=O) groups excluding carboxylic acids is 2. The maximum atomic E-state index is 13.1. The Kier molecular flexibility index (Phi) is 6.35. The molecule has 7 nitrogen and oxygen atoms in total. The zero-order valence-electron chi connectivity index (χ0n) is 20.0. The van der Waals surface area contributed by atoms with E-state index in [1.807, 2.05) is 56.3 Å². The molecule has 0 radical (unpaired) electrons. The van der Waals surface area contributed by atoms with Crippen LogP contribution in [0.1, 0.15) is 34.1 Å². The molecule has 3 heterocycles. The Bertz CT molecular complexity index is 1570. The fourth-order valence-corrected chi connectivity index (χ4v) is 4.91. The van der Waals surface area contributed by atoms with Crippen LogP contribution >= 0.6 is 11.3 Å². The number of hydrogen-bond donors (Lipinski definition) is 0. The number of fused-ring (bicyclic) bond motifs is 1. The van der Waals surface area contributed by atoms with Crippen molar-refractivity contribution < 1.29 is 18.7 Å². The monoisotopic (exact) mass is 497 g/mol. The number of carbonyl (C=O) groups is 2. The summed E-state index contributed by atoms with van der Waals surface area (Å²) in [5.74, 6) is -0.0722. The van der Waals surface area contributed by atoms with Gasteiger partial charge in [0.2, 0.25) is 5.91 Å². The standard InChI is InChI=1S/C28H23N3O4S/c1-17-10-11-25(18(2)13-17)31(19(3)32)28-29-20(16-36-28)15-35-27(33)22-14-24(26-9-6-12-34-26)30-23-8-5-4-7-21(22)23/h4-14,16H,15H2,1-3H3. The van der Waals surface area contributed by atoms with Crippen LogP contribution in [0.4, 0.5) is 10.8 Å². The molecule has 0 saturated heterocycles. The fourth-order valence-electron chi connectivity index (χ4n) is 4.04. The average molecular weight is 498 g/mol. The molecule has 0 atom stereocenters. The average Bonchev–Trinajstić information content (AvgIpc) is 3.56. The highest BCUT2D eigenvalue weighted by atomic mass is 32.1. The van der Waals surface area contributed by atoms with Crippen LogP contribution in [-0.4, -0.2) is 21.8 Å². The molecule has 36 heavy (non-hydrogen) atoms. The first-order valence-electron chi connectivity index (χ1n) is 11.3. The van der Waals surface area contributed by atoms with Gasteiger partial charge in [0.1, 0.15) is 12.3 Å². The number of esters is 1. The summed E-state index contributed by atoms with van der Waals surface area (Å²) in [6, 6.07) is 18.5. The molecule has 2 aromatic carbocycles. The lowest BCUT2D eigenvalue weighted by molar-refractivity contribution is -0.115. The number of aryl methyl sites for hydroxylation is 2. The van der Waals surface area contributed by atoms with Gasteiger partial charge in [-0.05, 0) is 49.7 Å². The van der Waals surface area contributed by atoms with E-state index in [1.165, 1.54) is 18.3 Å². The van der Waals surface area contributed by atoms with Crippen molar-refractivity contribution in [2.24, 2.45) is 0 Å². The van der Waals surface area contributed by atoms with Gasteiger partial charge in [-0.1, -0.05) is 35.9 Å². The highest BCUT2D eigenvalue weighted by Gasteiger charge is 2.21. The fraction of sp³-hybridized carbons (Fsp3) is 0.143. The quantitative estimate of drug-likeness (QED) is 0.245. The van der Waals surface area contributed by atoms with Crippen LogP contribution < -0.4 is 4.90 Å². The van der Waals surface area contributed by atoms with Crippen molar-refractivity contribution in [3.63, 3.8) is 0 Å². The van der Waals surface area contributed by atoms with E-state index in [4.69, 9.17) is 9.15 Å². The predicted octanol–water partition coefficient (Wildman–Crippen LogP) is 6.61. The Hall–Kier alpha value is -4.30. The van der Waals surface area contributed by atoms with E-state index in [1.54, 1.807) is 34.7 Å². The number of aromatic nitrogens is 2. The van der Waals surface area contributed by atoms with E-state index in [-0.39, 0.29) is 12.5 Å². The van der Waals surface area contributed by atoms with Crippen LogP contribution in [0.25, 0.3) is 22.4 Å². The van der Waals surface area contributed by atoms with Crippen molar-refractivity contribution in [2.45, 2.75) is 27.4 Å². The Morgan fingerprint density at radius 2 is 1.86 bits per heavy atom. The van der Waals surface area contributed by atoms with Crippen molar-refractivity contribution in [2.75, 3.05) is 4.90 Å². The van der Waals surface area contributed by atoms with Crippen LogP contribution in [-0.2, 0) is 16.1 Å². The third kappa shape index (κ3) is 4.63. The van der Waals surface area contributed by atoms with Gasteiger partial charge < -0.3 is 9.15 Å². The number of rotatable bonds is 6. The van der Waals surface area contributed by atoms with Crippen molar-refractivity contribution in [3.05, 3.63) is 94.7 Å². The first-order valence-corrected chi connectivity index (χ1v) is 12.2. The smallest absolute Gasteiger partial charge is 0.339 e. The van der Waals surface area contributed by atoms with E-state index in [2.05, 4.69) is 9.97 Å². The molecule has 5 rings (SSSR count). The highest BCUT2D eigenvalue weighted by molar-refractivity contribution is 7.14. The van der Waals surface area contributed by atoms with E-state index >= 15 is 0 Å². The van der Waals surface area contributed by atoms with E-state index in [0.717, 1.165) is 16.8 Å². The Labute approximate surface area is 212 Å². The summed E-state index contributed by atoms with van der Waals surface area (Å²) < 4.78 is 11.1. The minimum Gasteiger partial charge on any atom is -0.463 e. The molecule has 5 aromatic rings. The lowest BCUT2D eigenvalue weighted by Crippen LogP contribution is -2.23. The van der Waals surface area contributed by atoms with Crippen molar-refractivity contribution >= 4 is 44.9 Å². The number of ether oxygens (including phenoxy) is 1. The summed E-state index contributed by atoms with van der Waals surface area (Å²) in [4.78, 5) is 36.4. The molecule has 180 valence electrons. The summed E-state index contributed by atoms with van der Waals surface area (Å²) in [6.45, 7) is 5.45. The molecule has 0 unspecified atom stereocenters. The number of pyridine rings is 1. The molecule has 0 aliphatic carbocycles. The summed E-state index contributed by atoms with van der Waals surface area (Å²) >= 11 is 1.32. The molecular weight excluding hydrogens is 474 g/mol. The van der Waals surface area contributed by atoms with E-state index in [0.29, 0.717) is 38.7 Å². The number of nitrogens with zero attached hydrogens (tertiary/aromatic N) is 3. The highest BCUT2D eigenvalue weighted by Crippen LogP contribution is 2.32. The van der Waals surface area contributed by atoms with E-state index in [9.17, 15) is 9.59 Å². The normalized spacial score (nSPS) is 11.0. The second-order valence-corrected chi connectivity index (χ2v) is 9.23. The third-order valence-corrected chi connectivity index (χ3v) is 6.57. The van der Waals surface area contributed by atoms with Gasteiger partial charge >= 0.3 is 5.97 Å². The molecule has 0 saturated carbocycles. The summed E-state index contributed by atoms with van der Waals surface area (Å²) in [5, 5.41) is 3.01. The molecule has 1 amide bonds. The van der Waals surface area contributed by atoms with Crippen LogP contribution in [0.5, 0.6) is 0 Å². The van der Waals surface area contributed by atoms with Gasteiger partial charge in [0.15, 0.2) is 10.9 Å². The predicted molar refractivity (Wildman–Crippen MR) is 139 cm³/mol. The maximum Gasteiger partial charge on any atom is 0.339 e. The second kappa shape index (κ2) is 9.75. The maximum absolute atomic E-state index is 13.1. The Morgan fingerprint density at radius 1 is 1.03 bits per heavy atom. The van der Waals surface area contributed by atoms with Crippen LogP contribution in [0.3, 0.4) is 0 Å². The number of benzene rings is 2. The summed E-state index contributed by atoms with van der Waals surface area (Å²) in [6.07, 6.45) is 1.56. The number of para-hydroxylation sites is 1. The molecule has 0 N–H and O–H groups in total. The molecule has 0 aliphatic heterocycles. The van der Waals surface area contributed by atoms with Gasteiger partial charge in [0.25, 0.3) is 0 Å². The largest absolute Gasteiger partial charge is 0.463 e. The molecule has 3 aromatic heterocycles. The zero-order chi connectivity index (χ0) is 25.2. The summed E-state index contributed by atoms with van der Waals surface area (Å²) in [7, 11) is 0. The molecule has 0 bridgehead atoms. The van der Waals surface area contributed by atoms with Gasteiger partial charge in [-0.2, -0.15) is 0 Å². The van der Waals surface area contributed by atoms with Crippen molar-refractivity contribution in [3.8, 4) is 11.5 Å². The molecule has 8 heteroatoms. The van der Waals surface area contributed by atoms with Crippen LogP contribution in [0.15, 0.2) is 76.7 Å².